The van der Waals surface area contributed by atoms with Crippen LogP contribution in [0.2, 0.25) is 0 Å². The third-order valence-electron chi connectivity index (χ3n) is 1.56. The number of hydrogen-bond acceptors (Lipinski definition) is 4. The molecule has 14 heavy (non-hydrogen) atoms. The van der Waals surface area contributed by atoms with Gasteiger partial charge in [-0.25, -0.2) is 0 Å². The second kappa shape index (κ2) is 9.21. The Hall–Kier alpha value is -0.360. The van der Waals surface area contributed by atoms with Crippen LogP contribution in [0, 0.1) is 10.8 Å². The molecule has 4 nitrogen and oxygen atoms in total. The van der Waals surface area contributed by atoms with Crippen molar-refractivity contribution in [2.45, 2.75) is 12.8 Å². The van der Waals surface area contributed by atoms with Crippen molar-refractivity contribution in [3.63, 3.8) is 0 Å². The smallest absolute Gasteiger partial charge is 0.0937 e. The molecule has 0 bridgehead atoms. The van der Waals surface area contributed by atoms with E-state index in [1.165, 1.54) is 0 Å². The summed E-state index contributed by atoms with van der Waals surface area (Å²) in [5, 5.41) is 20.3. The minimum Gasteiger partial charge on any atom is -0.377 e. The molecule has 0 amide bonds. The lowest BCUT2D eigenvalue weighted by Gasteiger charge is -2.03. The van der Waals surface area contributed by atoms with Crippen molar-refractivity contribution in [3.8, 4) is 0 Å². The minimum atomic E-state index is 0.584. The van der Waals surface area contributed by atoms with E-state index in [-0.39, 0.29) is 0 Å². The van der Waals surface area contributed by atoms with Gasteiger partial charge in [-0.1, -0.05) is 21.6 Å². The Morgan fingerprint density at radius 1 is 0.929 bits per heavy atom. The normalized spacial score (nSPS) is 9.57. The van der Waals surface area contributed by atoms with E-state index in [0.29, 0.717) is 11.7 Å². The van der Waals surface area contributed by atoms with Gasteiger partial charge in [-0.05, 0) is 0 Å². The van der Waals surface area contributed by atoms with Crippen LogP contribution in [0.25, 0.3) is 0 Å². The van der Waals surface area contributed by atoms with Crippen LogP contribution in [0.3, 0.4) is 0 Å². The highest BCUT2D eigenvalue weighted by Gasteiger charge is 1.96. The highest BCUT2D eigenvalue weighted by Crippen LogP contribution is 2.22. The van der Waals surface area contributed by atoms with Crippen molar-refractivity contribution in [2.24, 2.45) is 0 Å². The Morgan fingerprint density at radius 3 is 1.57 bits per heavy atom. The molecule has 0 aromatic heterocycles. The summed E-state index contributed by atoms with van der Waals surface area (Å²) in [6.07, 6.45) is 1.58. The zero-order valence-corrected chi connectivity index (χ0v) is 10.3. The molecule has 0 aromatic carbocycles. The summed E-state index contributed by atoms with van der Waals surface area (Å²) in [5.74, 6) is 3.08. The molecule has 0 fully saturated rings. The van der Waals surface area contributed by atoms with Gasteiger partial charge in [0, 0.05) is 38.4 Å². The number of nitrogens with one attached hydrogen (secondary N) is 4. The Kier molecular flexibility index (Phi) is 8.97. The summed E-state index contributed by atoms with van der Waals surface area (Å²) < 4.78 is 0. The molecule has 0 saturated carbocycles. The van der Waals surface area contributed by atoms with Gasteiger partial charge in [0.2, 0.25) is 0 Å². The van der Waals surface area contributed by atoms with E-state index in [4.69, 9.17) is 10.8 Å². The summed E-state index contributed by atoms with van der Waals surface area (Å²) in [4.78, 5) is 0. The first-order valence-corrected chi connectivity index (χ1v) is 6.94. The third kappa shape index (κ3) is 8.25. The molecule has 6 heteroatoms. The van der Waals surface area contributed by atoms with Crippen molar-refractivity contribution in [3.05, 3.63) is 0 Å². The molecule has 0 atom stereocenters. The lowest BCUT2D eigenvalue weighted by atomic mass is 10.4. The molecule has 0 aliphatic rings. The highest BCUT2D eigenvalue weighted by atomic mass is 33.1. The second-order valence-corrected chi connectivity index (χ2v) is 5.30. The molecule has 0 heterocycles. The number of hydrogen-bond donors (Lipinski definition) is 4. The van der Waals surface area contributed by atoms with Gasteiger partial charge in [-0.3, -0.25) is 10.8 Å². The minimum absolute atomic E-state index is 0.584. The molecule has 0 aliphatic heterocycles. The largest absolute Gasteiger partial charge is 0.377 e. The summed E-state index contributed by atoms with van der Waals surface area (Å²) in [6.45, 7) is 0. The van der Waals surface area contributed by atoms with Crippen LogP contribution < -0.4 is 10.6 Å². The zero-order valence-electron chi connectivity index (χ0n) is 8.64. The second-order valence-electron chi connectivity index (χ2n) is 2.60. The Labute approximate surface area is 93.4 Å². The zero-order chi connectivity index (χ0) is 10.8. The molecular weight excluding hydrogens is 216 g/mol. The van der Waals surface area contributed by atoms with Crippen LogP contribution in [0.5, 0.6) is 0 Å². The van der Waals surface area contributed by atoms with Crippen molar-refractivity contribution < 1.29 is 0 Å². The van der Waals surface area contributed by atoms with Crippen LogP contribution in [0.4, 0.5) is 0 Å². The topological polar surface area (TPSA) is 71.8 Å². The third-order valence-corrected chi connectivity index (χ3v) is 3.97. The lowest BCUT2D eigenvalue weighted by molar-refractivity contribution is 1.06. The summed E-state index contributed by atoms with van der Waals surface area (Å²) in [6, 6.07) is 0. The van der Waals surface area contributed by atoms with Crippen LogP contribution in [-0.4, -0.2) is 37.3 Å². The van der Waals surface area contributed by atoms with Gasteiger partial charge in [-0.15, -0.1) is 0 Å². The maximum Gasteiger partial charge on any atom is 0.0937 e. The number of rotatable bonds is 7. The van der Waals surface area contributed by atoms with Gasteiger partial charge in [0.25, 0.3) is 0 Å². The van der Waals surface area contributed by atoms with E-state index in [9.17, 15) is 0 Å². The molecule has 0 radical (unpaired) electrons. The van der Waals surface area contributed by atoms with Crippen molar-refractivity contribution in [2.75, 3.05) is 25.6 Å². The number of amidine groups is 2. The average molecular weight is 234 g/mol. The van der Waals surface area contributed by atoms with Gasteiger partial charge in [0.15, 0.2) is 0 Å². The molecule has 0 saturated heterocycles. The first kappa shape index (κ1) is 13.6. The SMILES string of the molecule is CNC(=N)CCSSCCC(=N)NC. The van der Waals surface area contributed by atoms with E-state index in [1.807, 2.05) is 0 Å². The van der Waals surface area contributed by atoms with E-state index in [0.717, 1.165) is 24.3 Å². The van der Waals surface area contributed by atoms with Gasteiger partial charge in [0.05, 0.1) is 11.7 Å². The summed E-state index contributed by atoms with van der Waals surface area (Å²) in [5.41, 5.74) is 0. The van der Waals surface area contributed by atoms with Crippen molar-refractivity contribution in [1.29, 1.82) is 10.8 Å². The molecule has 4 N–H and O–H groups in total. The first-order valence-electron chi connectivity index (χ1n) is 4.45. The van der Waals surface area contributed by atoms with Crippen LogP contribution >= 0.6 is 21.6 Å². The van der Waals surface area contributed by atoms with Crippen molar-refractivity contribution >= 4 is 33.3 Å². The fourth-order valence-electron chi connectivity index (χ4n) is 0.655. The fourth-order valence-corrected chi connectivity index (χ4v) is 2.67. The maximum atomic E-state index is 7.34. The van der Waals surface area contributed by atoms with Crippen molar-refractivity contribution in [1.82, 2.24) is 10.6 Å². The molecule has 0 spiro atoms. The maximum absolute atomic E-state index is 7.34. The standard InChI is InChI=1S/C8H18N4S2/c1-11-7(9)3-5-13-14-6-4-8(10)12-2/h3-6H2,1-2H3,(H2,9,11)(H2,10,12). The lowest BCUT2D eigenvalue weighted by Crippen LogP contribution is -2.17. The molecule has 82 valence electrons. The van der Waals surface area contributed by atoms with E-state index in [2.05, 4.69) is 10.6 Å². The summed E-state index contributed by atoms with van der Waals surface area (Å²) in [7, 11) is 7.07. The van der Waals surface area contributed by atoms with Crippen LogP contribution in [-0.2, 0) is 0 Å². The monoisotopic (exact) mass is 234 g/mol. The predicted octanol–water partition coefficient (Wildman–Crippen LogP) is 1.54. The molecule has 0 aliphatic carbocycles. The van der Waals surface area contributed by atoms with Gasteiger partial charge in [-0.2, -0.15) is 0 Å². The van der Waals surface area contributed by atoms with Gasteiger partial charge >= 0.3 is 0 Å². The Balaban J connectivity index is 3.14. The Morgan fingerprint density at radius 2 is 1.29 bits per heavy atom. The van der Waals surface area contributed by atoms with Gasteiger partial charge in [0.1, 0.15) is 0 Å². The molecule has 0 aromatic rings. The predicted molar refractivity (Wildman–Crippen MR) is 67.7 cm³/mol. The average Bonchev–Trinajstić information content (AvgIpc) is 2.22. The van der Waals surface area contributed by atoms with E-state index in [1.54, 1.807) is 35.7 Å². The Bertz CT molecular complexity index is 164. The quantitative estimate of drug-likeness (QED) is 0.233. The molecule has 0 rings (SSSR count). The van der Waals surface area contributed by atoms with Crippen LogP contribution in [0.15, 0.2) is 0 Å². The molecule has 0 unspecified atom stereocenters. The van der Waals surface area contributed by atoms with E-state index >= 15 is 0 Å². The summed E-state index contributed by atoms with van der Waals surface area (Å²) >= 11 is 0. The fraction of sp³-hybridized carbons (Fsp3) is 0.750. The molecular formula is C8H18N4S2. The van der Waals surface area contributed by atoms with E-state index < -0.39 is 0 Å². The van der Waals surface area contributed by atoms with Gasteiger partial charge < -0.3 is 10.6 Å². The van der Waals surface area contributed by atoms with Crippen LogP contribution in [0.1, 0.15) is 12.8 Å². The first-order chi connectivity index (χ1) is 6.70. The highest BCUT2D eigenvalue weighted by molar-refractivity contribution is 8.76.